The fourth-order valence-corrected chi connectivity index (χ4v) is 17.1. The highest BCUT2D eigenvalue weighted by Crippen LogP contribution is 2.46. The molecule has 3 aromatic carbocycles. The monoisotopic (exact) mass is 1010 g/mol. The molecule has 15 heteroatoms. The van der Waals surface area contributed by atoms with Crippen molar-refractivity contribution in [3.8, 4) is 28.9 Å². The molecule has 0 radical (unpaired) electrons. The summed E-state index contributed by atoms with van der Waals surface area (Å²) in [6.07, 6.45) is 7.53. The summed E-state index contributed by atoms with van der Waals surface area (Å²) in [5.41, 5.74) is 1.39. The number of hydrogen-bond acceptors (Lipinski definition) is 10. The van der Waals surface area contributed by atoms with Gasteiger partial charge in [-0.1, -0.05) is 84.4 Å². The zero-order chi connectivity index (χ0) is 51.4. The van der Waals surface area contributed by atoms with Crippen LogP contribution in [0.25, 0.3) is 32.9 Å². The van der Waals surface area contributed by atoms with Crippen LogP contribution < -0.4 is 13.9 Å². The molecule has 72 heavy (non-hydrogen) atoms. The number of fused-ring (bicyclic) bond motifs is 3. The number of benzene rings is 3. The van der Waals surface area contributed by atoms with Gasteiger partial charge in [0, 0.05) is 37.9 Å². The molecule has 3 saturated heterocycles. The molecule has 8 rings (SSSR count). The van der Waals surface area contributed by atoms with E-state index in [1.165, 1.54) is 12.3 Å². The molecule has 1 amide bonds. The van der Waals surface area contributed by atoms with Crippen molar-refractivity contribution in [2.75, 3.05) is 39.4 Å². The summed E-state index contributed by atoms with van der Waals surface area (Å²) in [7, 11) is -2.52. The van der Waals surface area contributed by atoms with Crippen LogP contribution in [0, 0.1) is 11.6 Å². The lowest BCUT2D eigenvalue weighted by Gasteiger charge is -2.42. The Hall–Kier alpha value is -4.99. The summed E-state index contributed by atoms with van der Waals surface area (Å²) in [5, 5.41) is 1.53. The smallest absolute Gasteiger partial charge is 0.410 e. The van der Waals surface area contributed by atoms with Crippen molar-refractivity contribution >= 4 is 36.1 Å². The summed E-state index contributed by atoms with van der Waals surface area (Å²) in [6.45, 7) is 22.0. The van der Waals surface area contributed by atoms with E-state index in [4.69, 9.17) is 33.3 Å². The van der Waals surface area contributed by atoms with Crippen LogP contribution in [0.15, 0.2) is 60.8 Å². The zero-order valence-electron chi connectivity index (χ0n) is 44.0. The third-order valence-electron chi connectivity index (χ3n) is 15.2. The first-order valence-corrected chi connectivity index (χ1v) is 28.6. The van der Waals surface area contributed by atoms with Crippen molar-refractivity contribution < 1.29 is 41.3 Å². The maximum absolute atomic E-state index is 17.9. The SMILES string of the molecule is CC(C)[Si](Oc1cc(-c2ncc3c(OCc4ccccc4)nc(OC[C@@]45CCCN4C[C@H](F)C5)nc3c2F)c2c(CCCCCOC3CCCCN(C(=O)OC(C)(C)C)C3)c(F)ccc2c1)(C(C)C)C(C)C. The largest absolute Gasteiger partial charge is 0.543 e. The zero-order valence-corrected chi connectivity index (χ0v) is 45.0. The minimum atomic E-state index is -2.52. The number of aromatic nitrogens is 3. The van der Waals surface area contributed by atoms with Crippen LogP contribution in [-0.4, -0.2) is 102 Å². The van der Waals surface area contributed by atoms with Crippen molar-refractivity contribution in [3.63, 3.8) is 0 Å². The van der Waals surface area contributed by atoms with Gasteiger partial charge in [0.2, 0.25) is 5.88 Å². The van der Waals surface area contributed by atoms with Gasteiger partial charge in [-0.05, 0) is 135 Å². The lowest BCUT2D eigenvalue weighted by molar-refractivity contribution is 0.000422. The number of unbranched alkanes of at least 4 members (excludes halogenated alkanes) is 2. The van der Waals surface area contributed by atoms with Crippen LogP contribution in [0.3, 0.4) is 0 Å². The molecule has 1 unspecified atom stereocenters. The molecule has 0 N–H and O–H groups in total. The highest BCUT2D eigenvalue weighted by atomic mass is 28.4. The van der Waals surface area contributed by atoms with Gasteiger partial charge in [-0.2, -0.15) is 9.97 Å². The van der Waals surface area contributed by atoms with Crippen molar-refractivity contribution in [3.05, 3.63) is 83.6 Å². The summed E-state index contributed by atoms with van der Waals surface area (Å²) >= 11 is 0. The van der Waals surface area contributed by atoms with Crippen LogP contribution in [-0.2, 0) is 22.5 Å². The van der Waals surface area contributed by atoms with Crippen molar-refractivity contribution in [1.82, 2.24) is 24.8 Å². The topological polar surface area (TPSA) is 108 Å². The van der Waals surface area contributed by atoms with E-state index in [0.29, 0.717) is 73.2 Å². The van der Waals surface area contributed by atoms with Crippen molar-refractivity contribution in [1.29, 1.82) is 0 Å². The second kappa shape index (κ2) is 22.6. The summed E-state index contributed by atoms with van der Waals surface area (Å²) in [4.78, 5) is 31.0. The Kier molecular flexibility index (Phi) is 16.8. The highest BCUT2D eigenvalue weighted by Gasteiger charge is 2.50. The van der Waals surface area contributed by atoms with Crippen LogP contribution in [0.5, 0.6) is 17.6 Å². The van der Waals surface area contributed by atoms with Gasteiger partial charge >= 0.3 is 12.1 Å². The van der Waals surface area contributed by atoms with E-state index in [9.17, 15) is 9.18 Å². The number of hydrogen-bond donors (Lipinski definition) is 0. The predicted octanol–water partition coefficient (Wildman–Crippen LogP) is 13.7. The number of pyridine rings is 1. The maximum atomic E-state index is 17.9. The summed E-state index contributed by atoms with van der Waals surface area (Å²) in [6, 6.07) is 16.6. The van der Waals surface area contributed by atoms with Gasteiger partial charge in [-0.3, -0.25) is 9.88 Å². The van der Waals surface area contributed by atoms with E-state index in [-0.39, 0.29) is 76.3 Å². The quantitative estimate of drug-likeness (QED) is 0.0586. The van der Waals surface area contributed by atoms with Gasteiger partial charge in [0.25, 0.3) is 8.32 Å². The number of carbonyl (C=O) groups excluding carboxylic acids is 1. The van der Waals surface area contributed by atoms with E-state index in [2.05, 4.69) is 51.4 Å². The highest BCUT2D eigenvalue weighted by molar-refractivity contribution is 6.78. The molecule has 3 atom stereocenters. The lowest BCUT2D eigenvalue weighted by Crippen LogP contribution is -2.50. The maximum Gasteiger partial charge on any atom is 0.410 e. The molecular weight excluding hydrogens is 936 g/mol. The number of rotatable bonds is 19. The molecule has 0 aliphatic carbocycles. The van der Waals surface area contributed by atoms with Gasteiger partial charge in [-0.25, -0.2) is 18.0 Å². The molecular formula is C57H76F3N5O6Si. The first-order valence-electron chi connectivity index (χ1n) is 26.5. The summed E-state index contributed by atoms with van der Waals surface area (Å²) in [5.74, 6) is -0.430. The Labute approximate surface area is 425 Å². The molecule has 0 bridgehead atoms. The average Bonchev–Trinajstić information content (AvgIpc) is 3.75. The van der Waals surface area contributed by atoms with Crippen LogP contribution in [0.1, 0.15) is 131 Å². The second-order valence-electron chi connectivity index (χ2n) is 22.4. The number of nitrogens with zero attached hydrogens (tertiary/aromatic N) is 5. The molecule has 3 aliphatic rings. The van der Waals surface area contributed by atoms with E-state index in [1.54, 1.807) is 11.0 Å². The van der Waals surface area contributed by atoms with Gasteiger partial charge in [0.15, 0.2) is 5.82 Å². The first kappa shape index (κ1) is 53.3. The molecule has 5 heterocycles. The summed E-state index contributed by atoms with van der Waals surface area (Å²) < 4.78 is 81.1. The first-order chi connectivity index (χ1) is 34.4. The van der Waals surface area contributed by atoms with Gasteiger partial charge in [0.05, 0.1) is 23.6 Å². The van der Waals surface area contributed by atoms with Gasteiger partial charge in [0.1, 0.15) is 47.8 Å². The number of likely N-dealkylation sites (tertiary alicyclic amines) is 1. The minimum absolute atomic E-state index is 0.0109. The number of halogens is 3. The number of ether oxygens (including phenoxy) is 4. The minimum Gasteiger partial charge on any atom is -0.543 e. The fourth-order valence-electron chi connectivity index (χ4n) is 11.8. The number of amides is 1. The predicted molar refractivity (Wildman–Crippen MR) is 280 cm³/mol. The Morgan fingerprint density at radius 2 is 1.65 bits per heavy atom. The van der Waals surface area contributed by atoms with Crippen molar-refractivity contribution in [2.45, 2.75) is 173 Å². The second-order valence-corrected chi connectivity index (χ2v) is 27.7. The lowest BCUT2D eigenvalue weighted by atomic mass is 9.93. The Bertz CT molecular complexity index is 2650. The average molecular weight is 1010 g/mol. The normalized spacial score (nSPS) is 20.0. The van der Waals surface area contributed by atoms with E-state index in [0.717, 1.165) is 57.1 Å². The fraction of sp³-hybridized carbons (Fsp3) is 0.579. The molecule has 0 saturated carbocycles. The number of aryl methyl sites for hydroxylation is 1. The molecule has 5 aromatic rings. The molecule has 11 nitrogen and oxygen atoms in total. The van der Waals surface area contributed by atoms with Crippen molar-refractivity contribution in [2.24, 2.45) is 0 Å². The number of carbonyl (C=O) groups is 1. The van der Waals surface area contributed by atoms with Crippen LogP contribution in [0.4, 0.5) is 18.0 Å². The Morgan fingerprint density at radius 3 is 2.39 bits per heavy atom. The van der Waals surface area contributed by atoms with Crippen LogP contribution >= 0.6 is 0 Å². The third kappa shape index (κ3) is 11.8. The molecule has 2 aromatic heterocycles. The van der Waals surface area contributed by atoms with E-state index >= 15 is 8.78 Å². The standard InChI is InChI=1S/C57H76F3N5O6Si/c1-37(2)72(38(3)4,39(5)6)71-44-29-41-23-24-48(59)45(22-14-11-17-28-67-43-21-15-16-26-64(34-43)55(66)70-56(7,8)9)49(41)46(30-44)51-50(60)52-47(32-61-51)53(68-35-40-19-12-10-13-20-40)63-54(62-52)69-36-57-25-18-27-65(57)33-42(58)31-57/h10,12-13,19-20,23-24,29-30,32,37-39,42-43H,11,14-18,21-22,25-28,31,33-36H2,1-9H3/t42-,43?,57+/m1/s1. The molecule has 0 spiro atoms. The Balaban J connectivity index is 1.13. The van der Waals surface area contributed by atoms with E-state index in [1.807, 2.05) is 63.2 Å². The van der Waals surface area contributed by atoms with E-state index < -0.39 is 31.4 Å². The van der Waals surface area contributed by atoms with Gasteiger partial charge < -0.3 is 28.3 Å². The van der Waals surface area contributed by atoms with Gasteiger partial charge in [-0.15, -0.1) is 0 Å². The van der Waals surface area contributed by atoms with Crippen LogP contribution in [0.2, 0.25) is 16.6 Å². The molecule has 3 aliphatic heterocycles. The molecule has 3 fully saturated rings. The molecule has 390 valence electrons. The Morgan fingerprint density at radius 1 is 0.889 bits per heavy atom. The number of alkyl halides is 1. The third-order valence-corrected chi connectivity index (χ3v) is 21.2.